The lowest BCUT2D eigenvalue weighted by atomic mass is 10.1. The molecule has 1 aromatic rings. The zero-order valence-electron chi connectivity index (χ0n) is 13.4. The number of hydrogen-bond acceptors (Lipinski definition) is 4. The van der Waals surface area contributed by atoms with Crippen molar-refractivity contribution in [3.8, 4) is 5.75 Å². The summed E-state index contributed by atoms with van der Waals surface area (Å²) in [4.78, 5) is 12.9. The highest BCUT2D eigenvalue weighted by atomic mass is 16.6. The predicted molar refractivity (Wildman–Crippen MR) is 84.7 cm³/mol. The van der Waals surface area contributed by atoms with Crippen LogP contribution in [-0.2, 0) is 0 Å². The van der Waals surface area contributed by atoms with E-state index in [0.717, 1.165) is 19.6 Å². The van der Waals surface area contributed by atoms with Crippen molar-refractivity contribution in [3.63, 3.8) is 0 Å². The molecule has 0 fully saturated rings. The normalized spacial score (nSPS) is 11.4. The minimum absolute atomic E-state index is 0.0248. The molecule has 0 spiro atoms. The van der Waals surface area contributed by atoms with Gasteiger partial charge in [-0.2, -0.15) is 0 Å². The van der Waals surface area contributed by atoms with Gasteiger partial charge in [0, 0.05) is 25.7 Å². The molecule has 0 saturated carbocycles. The molecule has 5 nitrogen and oxygen atoms in total. The SMILES string of the molecule is CC(C)CN(CCOc1ccccc1[N+](=O)[O-])CC(C)C. The first kappa shape index (κ1) is 17.4. The smallest absolute Gasteiger partial charge is 0.310 e. The van der Waals surface area contributed by atoms with Crippen molar-refractivity contribution in [2.24, 2.45) is 11.8 Å². The number of hydrogen-bond donors (Lipinski definition) is 0. The summed E-state index contributed by atoms with van der Waals surface area (Å²) in [6.07, 6.45) is 0. The molecule has 5 heteroatoms. The standard InChI is InChI=1S/C16H26N2O3/c1-13(2)11-17(12-14(3)4)9-10-21-16-8-6-5-7-15(16)18(19)20/h5-8,13-14H,9-12H2,1-4H3. The average molecular weight is 294 g/mol. The average Bonchev–Trinajstić information content (AvgIpc) is 2.37. The number of para-hydroxylation sites is 2. The lowest BCUT2D eigenvalue weighted by molar-refractivity contribution is -0.385. The first-order valence-electron chi connectivity index (χ1n) is 7.48. The van der Waals surface area contributed by atoms with E-state index in [1.807, 2.05) is 0 Å². The van der Waals surface area contributed by atoms with Gasteiger partial charge in [-0.3, -0.25) is 15.0 Å². The van der Waals surface area contributed by atoms with Gasteiger partial charge in [-0.15, -0.1) is 0 Å². The molecule has 0 heterocycles. The third-order valence-electron chi connectivity index (χ3n) is 2.97. The van der Waals surface area contributed by atoms with Crippen molar-refractivity contribution in [2.75, 3.05) is 26.2 Å². The van der Waals surface area contributed by atoms with Crippen LogP contribution in [0, 0.1) is 22.0 Å². The molecule has 0 amide bonds. The summed E-state index contributed by atoms with van der Waals surface area (Å²) >= 11 is 0. The van der Waals surface area contributed by atoms with Gasteiger partial charge in [-0.1, -0.05) is 39.8 Å². The maximum atomic E-state index is 10.9. The highest BCUT2D eigenvalue weighted by Crippen LogP contribution is 2.25. The van der Waals surface area contributed by atoms with Crippen LogP contribution in [0.2, 0.25) is 0 Å². The maximum absolute atomic E-state index is 10.9. The lowest BCUT2D eigenvalue weighted by Gasteiger charge is -2.25. The van der Waals surface area contributed by atoms with E-state index in [0.29, 0.717) is 24.2 Å². The molecular weight excluding hydrogens is 268 g/mol. The second-order valence-electron chi connectivity index (χ2n) is 6.12. The van der Waals surface area contributed by atoms with Crippen LogP contribution in [0.15, 0.2) is 24.3 Å². The highest BCUT2D eigenvalue weighted by Gasteiger charge is 2.14. The molecule has 0 saturated heterocycles. The minimum atomic E-state index is -0.407. The summed E-state index contributed by atoms with van der Waals surface area (Å²) in [5.41, 5.74) is 0.0248. The third-order valence-corrected chi connectivity index (χ3v) is 2.97. The van der Waals surface area contributed by atoms with E-state index in [1.54, 1.807) is 18.2 Å². The predicted octanol–water partition coefficient (Wildman–Crippen LogP) is 3.59. The number of nitro benzene ring substituents is 1. The molecule has 21 heavy (non-hydrogen) atoms. The van der Waals surface area contributed by atoms with Gasteiger partial charge in [0.05, 0.1) is 4.92 Å². The summed E-state index contributed by atoms with van der Waals surface area (Å²) in [6, 6.07) is 6.51. The largest absolute Gasteiger partial charge is 0.485 e. The summed E-state index contributed by atoms with van der Waals surface area (Å²) in [6.45, 7) is 12.0. The van der Waals surface area contributed by atoms with Crippen LogP contribution >= 0.6 is 0 Å². The second-order valence-corrected chi connectivity index (χ2v) is 6.12. The topological polar surface area (TPSA) is 55.6 Å². The van der Waals surface area contributed by atoms with Crippen LogP contribution in [0.3, 0.4) is 0 Å². The molecule has 1 aromatic carbocycles. The van der Waals surface area contributed by atoms with Crippen LogP contribution < -0.4 is 4.74 Å². The molecule has 0 aromatic heterocycles. The molecule has 0 N–H and O–H groups in total. The number of ether oxygens (including phenoxy) is 1. The third kappa shape index (κ3) is 6.58. The number of nitro groups is 1. The molecule has 0 aliphatic carbocycles. The Morgan fingerprint density at radius 2 is 1.71 bits per heavy atom. The van der Waals surface area contributed by atoms with Gasteiger partial charge in [0.2, 0.25) is 0 Å². The summed E-state index contributed by atoms with van der Waals surface area (Å²) in [7, 11) is 0. The molecule has 0 unspecified atom stereocenters. The molecule has 0 bridgehead atoms. The van der Waals surface area contributed by atoms with Gasteiger partial charge in [0.15, 0.2) is 5.75 Å². The van der Waals surface area contributed by atoms with Gasteiger partial charge < -0.3 is 4.74 Å². The fraction of sp³-hybridized carbons (Fsp3) is 0.625. The fourth-order valence-corrected chi connectivity index (χ4v) is 2.30. The molecule has 118 valence electrons. The zero-order chi connectivity index (χ0) is 15.8. The van der Waals surface area contributed by atoms with Crippen LogP contribution in [-0.4, -0.2) is 36.1 Å². The number of rotatable bonds is 9. The van der Waals surface area contributed by atoms with Crippen LogP contribution in [0.25, 0.3) is 0 Å². The summed E-state index contributed by atoms with van der Waals surface area (Å²) in [5.74, 6) is 1.53. The van der Waals surface area contributed by atoms with Crippen molar-refractivity contribution in [2.45, 2.75) is 27.7 Å². The van der Waals surface area contributed by atoms with Gasteiger partial charge >= 0.3 is 5.69 Å². The minimum Gasteiger partial charge on any atom is -0.485 e. The summed E-state index contributed by atoms with van der Waals surface area (Å²) < 4.78 is 5.61. The first-order valence-corrected chi connectivity index (χ1v) is 7.48. The van der Waals surface area contributed by atoms with E-state index in [2.05, 4.69) is 32.6 Å². The molecular formula is C16H26N2O3. The Bertz CT molecular complexity index is 437. The van der Waals surface area contributed by atoms with Gasteiger partial charge in [0.25, 0.3) is 0 Å². The number of nitrogens with zero attached hydrogens (tertiary/aromatic N) is 2. The molecule has 0 aliphatic rings. The van der Waals surface area contributed by atoms with Crippen molar-refractivity contribution in [1.82, 2.24) is 4.90 Å². The monoisotopic (exact) mass is 294 g/mol. The van der Waals surface area contributed by atoms with E-state index in [9.17, 15) is 10.1 Å². The van der Waals surface area contributed by atoms with E-state index >= 15 is 0 Å². The van der Waals surface area contributed by atoms with Gasteiger partial charge in [-0.25, -0.2) is 0 Å². The van der Waals surface area contributed by atoms with Crippen molar-refractivity contribution in [3.05, 3.63) is 34.4 Å². The van der Waals surface area contributed by atoms with E-state index < -0.39 is 4.92 Å². The maximum Gasteiger partial charge on any atom is 0.310 e. The second kappa shape index (κ2) is 8.62. The Morgan fingerprint density at radius 3 is 2.24 bits per heavy atom. The quantitative estimate of drug-likeness (QED) is 0.516. The fourth-order valence-electron chi connectivity index (χ4n) is 2.30. The van der Waals surface area contributed by atoms with Gasteiger partial charge in [-0.05, 0) is 17.9 Å². The number of benzene rings is 1. The Morgan fingerprint density at radius 1 is 1.14 bits per heavy atom. The van der Waals surface area contributed by atoms with Crippen LogP contribution in [0.1, 0.15) is 27.7 Å². The zero-order valence-corrected chi connectivity index (χ0v) is 13.4. The lowest BCUT2D eigenvalue weighted by Crippen LogP contribution is -2.34. The van der Waals surface area contributed by atoms with Crippen LogP contribution in [0.4, 0.5) is 5.69 Å². The highest BCUT2D eigenvalue weighted by molar-refractivity contribution is 5.45. The van der Waals surface area contributed by atoms with E-state index in [1.165, 1.54) is 6.07 Å². The summed E-state index contributed by atoms with van der Waals surface area (Å²) in [5, 5.41) is 10.9. The van der Waals surface area contributed by atoms with Gasteiger partial charge in [0.1, 0.15) is 6.61 Å². The first-order chi connectivity index (χ1) is 9.90. The molecule has 0 radical (unpaired) electrons. The van der Waals surface area contributed by atoms with E-state index in [-0.39, 0.29) is 5.69 Å². The van der Waals surface area contributed by atoms with E-state index in [4.69, 9.17) is 4.74 Å². The Hall–Kier alpha value is -1.62. The Kier molecular flexibility index (Phi) is 7.15. The van der Waals surface area contributed by atoms with Crippen LogP contribution in [0.5, 0.6) is 5.75 Å². The molecule has 0 atom stereocenters. The Labute approximate surface area is 127 Å². The van der Waals surface area contributed by atoms with Crippen molar-refractivity contribution in [1.29, 1.82) is 0 Å². The molecule has 0 aliphatic heterocycles. The van der Waals surface area contributed by atoms with Crippen molar-refractivity contribution < 1.29 is 9.66 Å². The molecule has 1 rings (SSSR count). The van der Waals surface area contributed by atoms with Crippen molar-refractivity contribution >= 4 is 5.69 Å². The Balaban J connectivity index is 2.55.